The van der Waals surface area contributed by atoms with Gasteiger partial charge in [0.25, 0.3) is 0 Å². The third kappa shape index (κ3) is 5.54. The van der Waals surface area contributed by atoms with Crippen LogP contribution in [0.25, 0.3) is 0 Å². The molecule has 0 aliphatic carbocycles. The number of likely N-dealkylation sites (tertiary alicyclic amines) is 1. The summed E-state index contributed by atoms with van der Waals surface area (Å²) in [5.74, 6) is 1.11. The summed E-state index contributed by atoms with van der Waals surface area (Å²) in [4.78, 5) is 25.5. The standard InChI is InChI=1S/C24H30Cl3N5O2/c1-15(18-6-5-17(25)11-19(18)26)28-22-21(27)16(2)29-23(30-22)32-13-24(14-32)8-4-9-31(12-24)10-7-20(33)34-3/h5-6,11,15H,4,7-10,12-14H2,1-3H3,(H,28,29,30)/t15-/m1/s1. The van der Waals surface area contributed by atoms with Crippen LogP contribution in [-0.2, 0) is 9.53 Å². The lowest BCUT2D eigenvalue weighted by Crippen LogP contribution is -2.63. The van der Waals surface area contributed by atoms with E-state index in [0.717, 1.165) is 50.4 Å². The Morgan fingerprint density at radius 3 is 2.71 bits per heavy atom. The maximum Gasteiger partial charge on any atom is 0.306 e. The van der Waals surface area contributed by atoms with Crippen LogP contribution < -0.4 is 10.2 Å². The number of aromatic nitrogens is 2. The second-order valence-corrected chi connectivity index (χ2v) is 10.6. The van der Waals surface area contributed by atoms with Gasteiger partial charge in [-0.25, -0.2) is 4.98 Å². The molecule has 0 radical (unpaired) electrons. The van der Waals surface area contributed by atoms with Crippen LogP contribution in [0.5, 0.6) is 0 Å². The molecule has 3 heterocycles. The zero-order chi connectivity index (χ0) is 24.5. The number of aryl methyl sites for hydroxylation is 1. The Bertz CT molecular complexity index is 1060. The molecule has 2 aliphatic rings. The molecule has 0 amide bonds. The number of methoxy groups -OCH3 is 1. The van der Waals surface area contributed by atoms with Crippen molar-refractivity contribution in [2.24, 2.45) is 5.41 Å². The summed E-state index contributed by atoms with van der Waals surface area (Å²) in [6.07, 6.45) is 2.73. The number of piperidine rings is 1. The monoisotopic (exact) mass is 525 g/mol. The predicted octanol–water partition coefficient (Wildman–Crippen LogP) is 5.38. The topological polar surface area (TPSA) is 70.6 Å². The second-order valence-electron chi connectivity index (χ2n) is 9.37. The minimum atomic E-state index is -0.158. The first-order chi connectivity index (χ1) is 16.2. The number of hydrogen-bond acceptors (Lipinski definition) is 7. The molecular formula is C24H30Cl3N5O2. The van der Waals surface area contributed by atoms with E-state index in [9.17, 15) is 4.79 Å². The first-order valence-electron chi connectivity index (χ1n) is 11.5. The van der Waals surface area contributed by atoms with E-state index < -0.39 is 0 Å². The number of rotatable bonds is 7. The number of carbonyl (C=O) groups excluding carboxylic acids is 1. The van der Waals surface area contributed by atoms with Crippen LogP contribution in [0.1, 0.15) is 43.5 Å². The van der Waals surface area contributed by atoms with Crippen LogP contribution in [0.4, 0.5) is 11.8 Å². The highest BCUT2D eigenvalue weighted by Gasteiger charge is 2.46. The van der Waals surface area contributed by atoms with Crippen molar-refractivity contribution in [3.05, 3.63) is 44.5 Å². The number of halogens is 3. The summed E-state index contributed by atoms with van der Waals surface area (Å²) in [6, 6.07) is 5.33. The summed E-state index contributed by atoms with van der Waals surface area (Å²) < 4.78 is 4.79. The summed E-state index contributed by atoms with van der Waals surface area (Å²) in [7, 11) is 1.44. The van der Waals surface area contributed by atoms with Gasteiger partial charge in [0.1, 0.15) is 5.02 Å². The quantitative estimate of drug-likeness (QED) is 0.485. The van der Waals surface area contributed by atoms with E-state index >= 15 is 0 Å². The smallest absolute Gasteiger partial charge is 0.306 e. The van der Waals surface area contributed by atoms with Crippen molar-refractivity contribution in [2.75, 3.05) is 50.1 Å². The zero-order valence-corrected chi connectivity index (χ0v) is 22.0. The average molecular weight is 527 g/mol. The molecule has 2 aliphatic heterocycles. The molecule has 184 valence electrons. The molecule has 2 fully saturated rings. The average Bonchev–Trinajstić information content (AvgIpc) is 2.78. The van der Waals surface area contributed by atoms with Crippen molar-refractivity contribution in [1.29, 1.82) is 0 Å². The number of benzene rings is 1. The van der Waals surface area contributed by atoms with Gasteiger partial charge >= 0.3 is 5.97 Å². The normalized spacial score (nSPS) is 18.5. The van der Waals surface area contributed by atoms with Crippen molar-refractivity contribution in [1.82, 2.24) is 14.9 Å². The molecule has 2 saturated heterocycles. The number of nitrogens with one attached hydrogen (secondary N) is 1. The Kier molecular flexibility index (Phi) is 7.77. The zero-order valence-electron chi connectivity index (χ0n) is 19.7. The van der Waals surface area contributed by atoms with E-state index in [4.69, 9.17) is 44.5 Å². The van der Waals surface area contributed by atoms with Crippen LogP contribution in [0, 0.1) is 12.3 Å². The lowest BCUT2D eigenvalue weighted by molar-refractivity contribution is -0.141. The molecule has 4 rings (SSSR count). The van der Waals surface area contributed by atoms with Crippen molar-refractivity contribution in [3.63, 3.8) is 0 Å². The first kappa shape index (κ1) is 25.3. The van der Waals surface area contributed by atoms with Gasteiger partial charge < -0.3 is 19.9 Å². The molecule has 1 N–H and O–H groups in total. The van der Waals surface area contributed by atoms with Crippen molar-refractivity contribution < 1.29 is 9.53 Å². The number of nitrogens with zero attached hydrogens (tertiary/aromatic N) is 4. The molecule has 1 aromatic heterocycles. The van der Waals surface area contributed by atoms with E-state index in [-0.39, 0.29) is 17.4 Å². The third-order valence-electron chi connectivity index (χ3n) is 6.72. The highest BCUT2D eigenvalue weighted by Crippen LogP contribution is 2.41. The van der Waals surface area contributed by atoms with Crippen LogP contribution in [0.15, 0.2) is 18.2 Å². The molecule has 10 heteroatoms. The maximum atomic E-state index is 11.5. The molecule has 1 spiro atoms. The lowest BCUT2D eigenvalue weighted by Gasteiger charge is -2.54. The first-order valence-corrected chi connectivity index (χ1v) is 12.6. The van der Waals surface area contributed by atoms with E-state index in [1.165, 1.54) is 13.5 Å². The third-order valence-corrected chi connectivity index (χ3v) is 7.74. The Hall–Kier alpha value is -1.80. The van der Waals surface area contributed by atoms with Crippen LogP contribution in [0.3, 0.4) is 0 Å². The highest BCUT2D eigenvalue weighted by molar-refractivity contribution is 6.35. The van der Waals surface area contributed by atoms with Gasteiger partial charge in [0.05, 0.1) is 25.3 Å². The van der Waals surface area contributed by atoms with Gasteiger partial charge in [-0.1, -0.05) is 40.9 Å². The molecule has 34 heavy (non-hydrogen) atoms. The van der Waals surface area contributed by atoms with Crippen LogP contribution >= 0.6 is 34.8 Å². The molecule has 2 aromatic rings. The van der Waals surface area contributed by atoms with E-state index in [0.29, 0.717) is 33.3 Å². The highest BCUT2D eigenvalue weighted by atomic mass is 35.5. The maximum absolute atomic E-state index is 11.5. The molecule has 0 bridgehead atoms. The predicted molar refractivity (Wildman–Crippen MR) is 137 cm³/mol. The number of ether oxygens (including phenoxy) is 1. The minimum Gasteiger partial charge on any atom is -0.469 e. The fraction of sp³-hybridized carbons (Fsp3) is 0.542. The largest absolute Gasteiger partial charge is 0.469 e. The number of anilines is 2. The fourth-order valence-electron chi connectivity index (χ4n) is 4.93. The van der Waals surface area contributed by atoms with Crippen LogP contribution in [-0.4, -0.2) is 60.7 Å². The summed E-state index contributed by atoms with van der Waals surface area (Å²) in [5, 5.41) is 5.08. The molecule has 1 aromatic carbocycles. The van der Waals surface area contributed by atoms with Gasteiger partial charge in [-0.05, 0) is 50.9 Å². The van der Waals surface area contributed by atoms with Gasteiger partial charge in [0, 0.05) is 41.6 Å². The SMILES string of the molecule is COC(=O)CCN1CCCC2(C1)CN(c1nc(C)c(Cl)c(N[C@H](C)c3ccc(Cl)cc3Cl)n1)C2. The van der Waals surface area contributed by atoms with Gasteiger partial charge in [0.2, 0.25) is 5.95 Å². The summed E-state index contributed by atoms with van der Waals surface area (Å²) >= 11 is 19.0. The number of hydrogen-bond donors (Lipinski definition) is 1. The second kappa shape index (κ2) is 10.4. The molecule has 0 saturated carbocycles. The molecule has 1 atom stereocenters. The Morgan fingerprint density at radius 1 is 1.24 bits per heavy atom. The molecule has 7 nitrogen and oxygen atoms in total. The molecular weight excluding hydrogens is 497 g/mol. The van der Waals surface area contributed by atoms with Gasteiger partial charge in [0.15, 0.2) is 5.82 Å². The van der Waals surface area contributed by atoms with Crippen molar-refractivity contribution >= 4 is 52.5 Å². The Balaban J connectivity index is 1.43. The van der Waals surface area contributed by atoms with E-state index in [2.05, 4.69) is 20.1 Å². The van der Waals surface area contributed by atoms with Gasteiger partial charge in [-0.2, -0.15) is 4.98 Å². The van der Waals surface area contributed by atoms with E-state index in [1.54, 1.807) is 6.07 Å². The van der Waals surface area contributed by atoms with Crippen LogP contribution in [0.2, 0.25) is 15.1 Å². The van der Waals surface area contributed by atoms with Crippen molar-refractivity contribution in [2.45, 2.75) is 39.2 Å². The number of carbonyl (C=O) groups is 1. The molecule has 0 unspecified atom stereocenters. The fourth-order valence-corrected chi connectivity index (χ4v) is 5.64. The Morgan fingerprint density at radius 2 is 2.00 bits per heavy atom. The van der Waals surface area contributed by atoms with Crippen molar-refractivity contribution in [3.8, 4) is 0 Å². The Labute approximate surface area is 215 Å². The minimum absolute atomic E-state index is 0.117. The van der Waals surface area contributed by atoms with Gasteiger partial charge in [-0.3, -0.25) is 4.79 Å². The lowest BCUT2D eigenvalue weighted by atomic mass is 9.73. The summed E-state index contributed by atoms with van der Waals surface area (Å²) in [6.45, 7) is 8.42. The number of esters is 1. The van der Waals surface area contributed by atoms with E-state index in [1.807, 2.05) is 26.0 Å². The summed E-state index contributed by atoms with van der Waals surface area (Å²) in [5.41, 5.74) is 1.85. The van der Waals surface area contributed by atoms with Gasteiger partial charge in [-0.15, -0.1) is 0 Å².